The summed E-state index contributed by atoms with van der Waals surface area (Å²) in [5, 5.41) is 8.99. The molecule has 1 aromatic rings. The Labute approximate surface area is 115 Å². The molecule has 1 aromatic carbocycles. The lowest BCUT2D eigenvalue weighted by molar-refractivity contribution is -0.137. The highest BCUT2D eigenvalue weighted by molar-refractivity contribution is 5.69. The van der Waals surface area contributed by atoms with Crippen molar-refractivity contribution < 1.29 is 28.2 Å². The molecule has 0 saturated heterocycles. The number of hydrogen-bond donors (Lipinski definition) is 1. The van der Waals surface area contributed by atoms with Crippen LogP contribution >= 0.6 is 0 Å². The van der Waals surface area contributed by atoms with Crippen LogP contribution < -0.4 is 9.47 Å². The molecule has 0 aromatic heterocycles. The lowest BCUT2D eigenvalue weighted by Gasteiger charge is -2.20. The molecule has 20 heavy (non-hydrogen) atoms. The van der Waals surface area contributed by atoms with Crippen molar-refractivity contribution >= 4 is 5.97 Å². The van der Waals surface area contributed by atoms with Gasteiger partial charge in [0.15, 0.2) is 17.3 Å². The van der Waals surface area contributed by atoms with Crippen molar-refractivity contribution in [3.63, 3.8) is 0 Å². The minimum Gasteiger partial charge on any atom is -0.492 e. The smallest absolute Gasteiger partial charge is 0.303 e. The van der Waals surface area contributed by atoms with Crippen LogP contribution in [0.4, 0.5) is 8.78 Å². The monoisotopic (exact) mass is 286 g/mol. The van der Waals surface area contributed by atoms with Gasteiger partial charge >= 0.3 is 5.97 Å². The number of aliphatic carboxylic acids is 1. The van der Waals surface area contributed by atoms with E-state index in [2.05, 4.69) is 0 Å². The molecule has 0 radical (unpaired) electrons. The third-order valence-electron chi connectivity index (χ3n) is 3.54. The summed E-state index contributed by atoms with van der Waals surface area (Å²) in [6, 6.07) is 0.716. The molecule has 0 spiro atoms. The number of halogens is 2. The van der Waals surface area contributed by atoms with E-state index in [9.17, 15) is 13.6 Å². The predicted octanol–water partition coefficient (Wildman–Crippen LogP) is 2.95. The minimum absolute atomic E-state index is 0.0526. The van der Waals surface area contributed by atoms with Crippen LogP contribution in [-0.4, -0.2) is 25.3 Å². The first-order valence-electron chi connectivity index (χ1n) is 6.31. The molecule has 0 amide bonds. The Balaban J connectivity index is 2.55. The van der Waals surface area contributed by atoms with Gasteiger partial charge in [0.2, 0.25) is 0 Å². The van der Waals surface area contributed by atoms with Gasteiger partial charge in [0, 0.05) is 17.5 Å². The molecule has 4 nitrogen and oxygen atoms in total. The summed E-state index contributed by atoms with van der Waals surface area (Å²) >= 11 is 0. The van der Waals surface area contributed by atoms with Crippen LogP contribution in [-0.2, 0) is 4.79 Å². The van der Waals surface area contributed by atoms with Crippen LogP contribution in [0.3, 0.4) is 0 Å². The quantitative estimate of drug-likeness (QED) is 0.873. The lowest BCUT2D eigenvalue weighted by atomic mass is 9.89. The van der Waals surface area contributed by atoms with Crippen molar-refractivity contribution in [2.75, 3.05) is 14.2 Å². The average molecular weight is 286 g/mol. The zero-order valence-corrected chi connectivity index (χ0v) is 11.3. The maximum absolute atomic E-state index is 14.1. The molecule has 0 aliphatic heterocycles. The number of hydrogen-bond acceptors (Lipinski definition) is 3. The van der Waals surface area contributed by atoms with Gasteiger partial charge < -0.3 is 14.6 Å². The summed E-state index contributed by atoms with van der Waals surface area (Å²) in [5.41, 5.74) is 0.0932. The van der Waals surface area contributed by atoms with Crippen LogP contribution in [0.1, 0.15) is 30.7 Å². The Morgan fingerprint density at radius 3 is 2.35 bits per heavy atom. The summed E-state index contributed by atoms with van der Waals surface area (Å²) in [5.74, 6) is -3.37. The molecule has 1 unspecified atom stereocenters. The summed E-state index contributed by atoms with van der Waals surface area (Å²) in [6.45, 7) is 0. The summed E-state index contributed by atoms with van der Waals surface area (Å²) in [7, 11) is 2.54. The highest BCUT2D eigenvalue weighted by Crippen LogP contribution is 2.50. The SMILES string of the molecule is COc1c(F)cc(F)c(C(CC(=O)O)C2CC2)c1OC. The molecule has 1 fully saturated rings. The standard InChI is InChI=1S/C14H16F2O4/c1-19-13-10(16)6-9(15)12(14(13)20-2)8(5-11(17)18)7-3-4-7/h6-8H,3-5H2,1-2H3,(H,17,18). The van der Waals surface area contributed by atoms with Gasteiger partial charge in [-0.15, -0.1) is 0 Å². The van der Waals surface area contributed by atoms with E-state index in [0.717, 1.165) is 12.8 Å². The van der Waals surface area contributed by atoms with Crippen molar-refractivity contribution in [3.05, 3.63) is 23.3 Å². The molecule has 0 heterocycles. The second kappa shape index (κ2) is 5.64. The fourth-order valence-electron chi connectivity index (χ4n) is 2.52. The van der Waals surface area contributed by atoms with E-state index < -0.39 is 23.5 Å². The van der Waals surface area contributed by atoms with Crippen molar-refractivity contribution in [1.29, 1.82) is 0 Å². The summed E-state index contributed by atoms with van der Waals surface area (Å²) < 4.78 is 37.8. The number of carboxylic acids is 1. The van der Waals surface area contributed by atoms with Crippen molar-refractivity contribution in [2.24, 2.45) is 5.92 Å². The molecule has 110 valence electrons. The second-order valence-corrected chi connectivity index (χ2v) is 4.86. The molecule has 1 N–H and O–H groups in total. The second-order valence-electron chi connectivity index (χ2n) is 4.86. The zero-order valence-electron chi connectivity index (χ0n) is 11.3. The van der Waals surface area contributed by atoms with Gasteiger partial charge in [0.05, 0.1) is 20.6 Å². The summed E-state index contributed by atoms with van der Waals surface area (Å²) in [4.78, 5) is 11.0. The van der Waals surface area contributed by atoms with E-state index in [4.69, 9.17) is 14.6 Å². The number of carbonyl (C=O) groups is 1. The first-order valence-corrected chi connectivity index (χ1v) is 6.31. The van der Waals surface area contributed by atoms with E-state index in [0.29, 0.717) is 6.07 Å². The van der Waals surface area contributed by atoms with Crippen LogP contribution in [0.2, 0.25) is 0 Å². The van der Waals surface area contributed by atoms with E-state index >= 15 is 0 Å². The third-order valence-corrected chi connectivity index (χ3v) is 3.54. The van der Waals surface area contributed by atoms with Gasteiger partial charge in [-0.3, -0.25) is 4.79 Å². The topological polar surface area (TPSA) is 55.8 Å². The molecule has 1 atom stereocenters. The molecule has 2 rings (SSSR count). The Bertz CT molecular complexity index is 526. The molecule has 1 saturated carbocycles. The first kappa shape index (κ1) is 14.6. The van der Waals surface area contributed by atoms with E-state index in [1.807, 2.05) is 0 Å². The largest absolute Gasteiger partial charge is 0.492 e. The third kappa shape index (κ3) is 2.69. The average Bonchev–Trinajstić information content (AvgIpc) is 3.19. The Hall–Kier alpha value is -1.85. The first-order chi connectivity index (χ1) is 9.49. The lowest BCUT2D eigenvalue weighted by Crippen LogP contribution is -2.13. The number of ether oxygens (including phenoxy) is 2. The molecular formula is C14H16F2O4. The predicted molar refractivity (Wildman–Crippen MR) is 67.2 cm³/mol. The molecule has 1 aliphatic rings. The minimum atomic E-state index is -1.02. The molecular weight excluding hydrogens is 270 g/mol. The zero-order chi connectivity index (χ0) is 14.9. The fraction of sp³-hybridized carbons (Fsp3) is 0.500. The maximum Gasteiger partial charge on any atom is 0.303 e. The fourth-order valence-corrected chi connectivity index (χ4v) is 2.52. The molecule has 6 heteroatoms. The number of methoxy groups -OCH3 is 2. The maximum atomic E-state index is 14.1. The van der Waals surface area contributed by atoms with E-state index in [1.54, 1.807) is 0 Å². The number of carboxylic acid groups (broad SMARTS) is 1. The Kier molecular flexibility index (Phi) is 4.11. The van der Waals surface area contributed by atoms with Gasteiger partial charge in [-0.05, 0) is 18.8 Å². The van der Waals surface area contributed by atoms with Crippen molar-refractivity contribution in [3.8, 4) is 11.5 Å². The molecule has 1 aliphatic carbocycles. The molecule has 0 bridgehead atoms. The normalized spacial score (nSPS) is 15.8. The van der Waals surface area contributed by atoms with Gasteiger partial charge in [0.25, 0.3) is 0 Å². The number of benzene rings is 1. The van der Waals surface area contributed by atoms with Crippen LogP contribution in [0, 0.1) is 17.6 Å². The number of rotatable bonds is 6. The van der Waals surface area contributed by atoms with E-state index in [1.165, 1.54) is 14.2 Å². The van der Waals surface area contributed by atoms with Crippen molar-refractivity contribution in [2.45, 2.75) is 25.2 Å². The highest BCUT2D eigenvalue weighted by atomic mass is 19.1. The Morgan fingerprint density at radius 1 is 1.30 bits per heavy atom. The highest BCUT2D eigenvalue weighted by Gasteiger charge is 2.38. The Morgan fingerprint density at radius 2 is 1.90 bits per heavy atom. The summed E-state index contributed by atoms with van der Waals surface area (Å²) in [6.07, 6.45) is 1.45. The van der Waals surface area contributed by atoms with Gasteiger partial charge in [-0.2, -0.15) is 0 Å². The van der Waals surface area contributed by atoms with E-state index in [-0.39, 0.29) is 29.4 Å². The van der Waals surface area contributed by atoms with Crippen LogP contribution in [0.5, 0.6) is 11.5 Å². The van der Waals surface area contributed by atoms with Crippen LogP contribution in [0.15, 0.2) is 6.07 Å². The van der Waals surface area contributed by atoms with Crippen LogP contribution in [0.25, 0.3) is 0 Å². The van der Waals surface area contributed by atoms with Gasteiger partial charge in [-0.25, -0.2) is 8.78 Å². The van der Waals surface area contributed by atoms with Crippen molar-refractivity contribution in [1.82, 2.24) is 0 Å². The van der Waals surface area contributed by atoms with Gasteiger partial charge in [0.1, 0.15) is 5.82 Å². The van der Waals surface area contributed by atoms with Gasteiger partial charge in [-0.1, -0.05) is 0 Å².